The summed E-state index contributed by atoms with van der Waals surface area (Å²) >= 11 is 0. The first-order valence-electron chi connectivity index (χ1n) is 12.3. The van der Waals surface area contributed by atoms with Gasteiger partial charge in [0.05, 0.1) is 16.2 Å². The van der Waals surface area contributed by atoms with E-state index in [0.29, 0.717) is 30.8 Å². The highest BCUT2D eigenvalue weighted by Crippen LogP contribution is 2.53. The van der Waals surface area contributed by atoms with Crippen LogP contribution in [0.5, 0.6) is 0 Å². The normalized spacial score (nSPS) is 20.9. The largest absolute Gasteiger partial charge is 0.507 e. The van der Waals surface area contributed by atoms with Crippen molar-refractivity contribution >= 4 is 39.1 Å². The number of hydrogen-bond acceptors (Lipinski definition) is 7. The summed E-state index contributed by atoms with van der Waals surface area (Å²) in [5, 5.41) is 11.6. The summed E-state index contributed by atoms with van der Waals surface area (Å²) in [4.78, 5) is 46.0. The van der Waals surface area contributed by atoms with Crippen LogP contribution in [0.25, 0.3) is 5.76 Å². The van der Waals surface area contributed by atoms with Gasteiger partial charge in [-0.25, -0.2) is 12.7 Å². The Hall–Kier alpha value is -3.54. The Labute approximate surface area is 222 Å². The zero-order chi connectivity index (χ0) is 28.0. The van der Waals surface area contributed by atoms with Gasteiger partial charge >= 0.3 is 0 Å². The summed E-state index contributed by atoms with van der Waals surface area (Å²) in [5.74, 6) is -3.00. The molecule has 1 N–H and O–H groups in total. The van der Waals surface area contributed by atoms with Gasteiger partial charge in [-0.2, -0.15) is 0 Å². The lowest BCUT2D eigenvalue weighted by atomic mass is 9.82. The molecule has 0 unspecified atom stereocenters. The summed E-state index contributed by atoms with van der Waals surface area (Å²) < 4.78 is 26.6. The lowest BCUT2D eigenvalue weighted by Gasteiger charge is -2.35. The Balaban J connectivity index is 2.04. The molecular weight excluding hydrogens is 508 g/mol. The molecule has 0 radical (unpaired) electrons. The molecule has 2 aromatic carbocycles. The molecule has 2 aliphatic rings. The van der Waals surface area contributed by atoms with E-state index in [1.54, 1.807) is 29.2 Å². The topological polar surface area (TPSA) is 119 Å². The number of likely N-dealkylation sites (tertiary alicyclic amines) is 1. The summed E-state index contributed by atoms with van der Waals surface area (Å²) in [6.07, 6.45) is 0.630. The van der Waals surface area contributed by atoms with Gasteiger partial charge < -0.3 is 19.8 Å². The molecular formula is C27H32N4O6S. The first-order chi connectivity index (χ1) is 17.9. The number of Topliss-reactive ketones (excluding diaryl/α,β-unsaturated/α-hetero) is 1. The zero-order valence-corrected chi connectivity index (χ0v) is 22.9. The fourth-order valence-electron chi connectivity index (χ4n) is 5.07. The average Bonchev–Trinajstić information content (AvgIpc) is 3.25. The van der Waals surface area contributed by atoms with Crippen LogP contribution in [0.4, 0.5) is 5.69 Å². The number of rotatable bonds is 8. The molecule has 38 heavy (non-hydrogen) atoms. The molecule has 2 aliphatic heterocycles. The number of hydrogen-bond donors (Lipinski definition) is 1. The van der Waals surface area contributed by atoms with Crippen LogP contribution in [0.1, 0.15) is 24.5 Å². The van der Waals surface area contributed by atoms with Gasteiger partial charge in [0.1, 0.15) is 5.76 Å². The summed E-state index contributed by atoms with van der Waals surface area (Å²) in [6, 6.07) is 12.4. The zero-order valence-electron chi connectivity index (χ0n) is 22.1. The van der Waals surface area contributed by atoms with Crippen LogP contribution in [0.15, 0.2) is 59.0 Å². The number of nitrogens with zero attached hydrogens (tertiary/aromatic N) is 4. The predicted molar refractivity (Wildman–Crippen MR) is 143 cm³/mol. The monoisotopic (exact) mass is 540 g/mol. The third kappa shape index (κ3) is 4.01. The highest BCUT2D eigenvalue weighted by Gasteiger charge is 2.66. The molecule has 0 saturated carbocycles. The highest BCUT2D eigenvalue weighted by atomic mass is 32.2. The van der Waals surface area contributed by atoms with E-state index in [-0.39, 0.29) is 22.6 Å². The van der Waals surface area contributed by atoms with E-state index in [2.05, 4.69) is 0 Å². The Morgan fingerprint density at radius 1 is 0.974 bits per heavy atom. The van der Waals surface area contributed by atoms with Gasteiger partial charge in [0.25, 0.3) is 17.6 Å². The van der Waals surface area contributed by atoms with Crippen molar-refractivity contribution in [2.24, 2.45) is 0 Å². The number of aliphatic hydroxyl groups excluding tert-OH is 1. The smallest absolute Gasteiger partial charge is 0.296 e. The van der Waals surface area contributed by atoms with Gasteiger partial charge in [-0.15, -0.1) is 0 Å². The molecule has 11 heteroatoms. The van der Waals surface area contributed by atoms with Crippen molar-refractivity contribution in [3.63, 3.8) is 0 Å². The molecule has 1 saturated heterocycles. The predicted octanol–water partition coefficient (Wildman–Crippen LogP) is 1.83. The standard InChI is InChI=1S/C27H32N4O6S/c1-6-14-30-21-13-8-7-12-20(21)27(26(30)35)22(24(33)25(34)31(27)16-15-28(2)3)23(32)18-10-9-11-19(17-18)38(36,37)29(4)5/h7-13,17,32H,6,14-16H2,1-5H3/t27-/m1/s1. The molecule has 2 aromatic rings. The summed E-state index contributed by atoms with van der Waals surface area (Å²) in [5.41, 5.74) is -1.24. The Kier molecular flexibility index (Phi) is 7.21. The van der Waals surface area contributed by atoms with Gasteiger partial charge in [-0.3, -0.25) is 14.4 Å². The number of fused-ring (bicyclic) bond motifs is 2. The Morgan fingerprint density at radius 2 is 1.66 bits per heavy atom. The maximum Gasteiger partial charge on any atom is 0.296 e. The van der Waals surface area contributed by atoms with Crippen LogP contribution in [0.3, 0.4) is 0 Å². The SMILES string of the molecule is CCCN1C(=O)[C@]2(C(=C(O)c3cccc(S(=O)(=O)N(C)C)c3)C(=O)C(=O)N2CCN(C)C)c2ccccc21. The van der Waals surface area contributed by atoms with E-state index in [0.717, 1.165) is 4.31 Å². The molecule has 1 atom stereocenters. The molecule has 0 aliphatic carbocycles. The van der Waals surface area contributed by atoms with Crippen molar-refractivity contribution in [1.82, 2.24) is 14.1 Å². The molecule has 0 bridgehead atoms. The van der Waals surface area contributed by atoms with Gasteiger partial charge in [-0.1, -0.05) is 37.3 Å². The number of carbonyl (C=O) groups excluding carboxylic acids is 3. The Morgan fingerprint density at radius 3 is 2.29 bits per heavy atom. The van der Waals surface area contributed by atoms with E-state index >= 15 is 0 Å². The van der Waals surface area contributed by atoms with Crippen LogP contribution in [0.2, 0.25) is 0 Å². The number of anilines is 1. The maximum atomic E-state index is 14.3. The number of para-hydroxylation sites is 1. The first-order valence-corrected chi connectivity index (χ1v) is 13.7. The fraction of sp³-hybridized carbons (Fsp3) is 0.370. The van der Waals surface area contributed by atoms with Crippen LogP contribution in [-0.2, 0) is 29.9 Å². The minimum Gasteiger partial charge on any atom is -0.507 e. The van der Waals surface area contributed by atoms with Gasteiger partial charge in [0.15, 0.2) is 5.54 Å². The molecule has 1 fully saturated rings. The second-order valence-corrected chi connectivity index (χ2v) is 12.0. The molecule has 1 spiro atoms. The first kappa shape index (κ1) is 27.5. The number of sulfonamides is 1. The van der Waals surface area contributed by atoms with Crippen LogP contribution < -0.4 is 4.90 Å². The van der Waals surface area contributed by atoms with E-state index in [4.69, 9.17) is 0 Å². The molecule has 202 valence electrons. The number of likely N-dealkylation sites (N-methyl/N-ethyl adjacent to an activating group) is 1. The highest BCUT2D eigenvalue weighted by molar-refractivity contribution is 7.89. The second-order valence-electron chi connectivity index (χ2n) is 9.81. The maximum absolute atomic E-state index is 14.3. The van der Waals surface area contributed by atoms with E-state index < -0.39 is 38.9 Å². The van der Waals surface area contributed by atoms with Gasteiger partial charge in [0.2, 0.25) is 10.0 Å². The van der Waals surface area contributed by atoms with E-state index in [9.17, 15) is 27.9 Å². The molecule has 2 heterocycles. The molecule has 4 rings (SSSR count). The number of carbonyl (C=O) groups is 3. The van der Waals surface area contributed by atoms with E-state index in [1.165, 1.54) is 43.3 Å². The average molecular weight is 541 g/mol. The quantitative estimate of drug-likeness (QED) is 0.308. The second kappa shape index (κ2) is 9.97. The molecule has 0 aromatic heterocycles. The number of benzene rings is 2. The third-order valence-electron chi connectivity index (χ3n) is 6.91. The van der Waals surface area contributed by atoms with Crippen molar-refractivity contribution in [2.45, 2.75) is 23.8 Å². The van der Waals surface area contributed by atoms with Crippen LogP contribution in [0, 0.1) is 0 Å². The van der Waals surface area contributed by atoms with Gasteiger partial charge in [0, 0.05) is 44.9 Å². The number of amides is 2. The van der Waals surface area contributed by atoms with Crippen LogP contribution in [-0.4, -0.2) is 93.1 Å². The molecule has 2 amide bonds. The van der Waals surface area contributed by atoms with Crippen LogP contribution >= 0.6 is 0 Å². The summed E-state index contributed by atoms with van der Waals surface area (Å²) in [7, 11) is 2.54. The minimum absolute atomic E-state index is 0.0112. The fourth-order valence-corrected chi connectivity index (χ4v) is 6.02. The Bertz CT molecular complexity index is 1450. The third-order valence-corrected chi connectivity index (χ3v) is 8.72. The van der Waals surface area contributed by atoms with Crippen molar-refractivity contribution in [2.75, 3.05) is 52.7 Å². The van der Waals surface area contributed by atoms with Crippen molar-refractivity contribution in [3.8, 4) is 0 Å². The lowest BCUT2D eigenvalue weighted by molar-refractivity contribution is -0.143. The minimum atomic E-state index is -3.86. The lowest BCUT2D eigenvalue weighted by Crippen LogP contribution is -2.53. The number of ketones is 1. The van der Waals surface area contributed by atoms with Gasteiger partial charge in [-0.05, 0) is 38.7 Å². The van der Waals surface area contributed by atoms with Crippen molar-refractivity contribution < 1.29 is 27.9 Å². The molecule has 10 nitrogen and oxygen atoms in total. The van der Waals surface area contributed by atoms with Crippen molar-refractivity contribution in [1.29, 1.82) is 0 Å². The van der Waals surface area contributed by atoms with E-state index in [1.807, 2.05) is 25.9 Å². The summed E-state index contributed by atoms with van der Waals surface area (Å²) in [6.45, 7) is 2.70. The van der Waals surface area contributed by atoms with Crippen molar-refractivity contribution in [3.05, 3.63) is 65.2 Å². The number of aliphatic hydroxyl groups is 1.